The van der Waals surface area contributed by atoms with Gasteiger partial charge in [-0.15, -0.1) is 11.3 Å². The molecular weight excluding hydrogens is 408 g/mol. The highest BCUT2D eigenvalue weighted by atomic mass is 32.1. The molecule has 1 unspecified atom stereocenters. The number of hydrogen-bond donors (Lipinski definition) is 2. The lowest BCUT2D eigenvalue weighted by Gasteiger charge is -2.34. The maximum Gasteiger partial charge on any atom is 0.251 e. The molecule has 0 saturated carbocycles. The number of nitrogens with one attached hydrogen (secondary N) is 1. The van der Waals surface area contributed by atoms with Crippen LogP contribution in [0.5, 0.6) is 0 Å². The second-order valence-electron chi connectivity index (χ2n) is 9.01. The highest BCUT2D eigenvalue weighted by molar-refractivity contribution is 7.17. The Balaban J connectivity index is 1.31. The van der Waals surface area contributed by atoms with Crippen LogP contribution in [0.2, 0.25) is 0 Å². The molecule has 6 nitrogen and oxygen atoms in total. The Morgan fingerprint density at radius 2 is 1.81 bits per heavy atom. The second kappa shape index (κ2) is 9.51. The van der Waals surface area contributed by atoms with Gasteiger partial charge < -0.3 is 11.1 Å². The van der Waals surface area contributed by atoms with E-state index in [1.165, 1.54) is 27.3 Å². The minimum absolute atomic E-state index is 0.0684. The average Bonchev–Trinajstić information content (AvgIpc) is 3.08. The first-order valence-electron chi connectivity index (χ1n) is 11.1. The summed E-state index contributed by atoms with van der Waals surface area (Å²) in [4.78, 5) is 30.6. The quantitative estimate of drug-likeness (QED) is 0.724. The molecule has 7 heteroatoms. The van der Waals surface area contributed by atoms with Gasteiger partial charge in [-0.05, 0) is 43.2 Å². The molecule has 2 amide bonds. The zero-order valence-electron chi connectivity index (χ0n) is 18.4. The first-order valence-corrected chi connectivity index (χ1v) is 11.9. The Bertz CT molecular complexity index is 945. The third kappa shape index (κ3) is 5.34. The molecule has 0 spiro atoms. The summed E-state index contributed by atoms with van der Waals surface area (Å²) in [7, 11) is 0. The number of hydrogen-bond acceptors (Lipinski definition) is 5. The summed E-state index contributed by atoms with van der Waals surface area (Å²) in [5.41, 5.74) is 9.85. The Labute approximate surface area is 188 Å². The fourth-order valence-electron chi connectivity index (χ4n) is 4.53. The van der Waals surface area contributed by atoms with E-state index in [1.54, 1.807) is 0 Å². The van der Waals surface area contributed by atoms with Crippen molar-refractivity contribution in [2.45, 2.75) is 39.7 Å². The number of anilines is 1. The number of nitrogens with zero attached hydrogens (tertiary/aromatic N) is 2. The van der Waals surface area contributed by atoms with Crippen molar-refractivity contribution in [2.75, 3.05) is 38.0 Å². The smallest absolute Gasteiger partial charge is 0.251 e. The van der Waals surface area contributed by atoms with E-state index in [-0.39, 0.29) is 5.91 Å². The Morgan fingerprint density at radius 3 is 2.48 bits per heavy atom. The average molecular weight is 441 g/mol. The molecule has 3 N–H and O–H groups in total. The number of thiophene rings is 1. The number of amides is 2. The predicted molar refractivity (Wildman–Crippen MR) is 126 cm³/mol. The van der Waals surface area contributed by atoms with Crippen LogP contribution in [-0.2, 0) is 24.2 Å². The van der Waals surface area contributed by atoms with Crippen molar-refractivity contribution in [3.05, 3.63) is 51.4 Å². The lowest BCUT2D eigenvalue weighted by molar-refractivity contribution is -0.117. The molecule has 1 atom stereocenters. The first-order chi connectivity index (χ1) is 14.9. The van der Waals surface area contributed by atoms with Gasteiger partial charge in [0.2, 0.25) is 5.91 Å². The Hall–Kier alpha value is -2.22. The normalized spacial score (nSPS) is 19.7. The third-order valence-corrected chi connectivity index (χ3v) is 7.54. The topological polar surface area (TPSA) is 78.7 Å². The molecule has 2 aliphatic rings. The van der Waals surface area contributed by atoms with E-state index in [0.717, 1.165) is 57.5 Å². The van der Waals surface area contributed by atoms with E-state index < -0.39 is 5.91 Å². The van der Waals surface area contributed by atoms with E-state index >= 15 is 0 Å². The van der Waals surface area contributed by atoms with Crippen LogP contribution in [0, 0.1) is 12.8 Å². The molecule has 1 aromatic carbocycles. The van der Waals surface area contributed by atoms with Gasteiger partial charge in [-0.2, -0.15) is 0 Å². The number of carbonyl (C=O) groups excluding carboxylic acids is 2. The van der Waals surface area contributed by atoms with Gasteiger partial charge in [-0.3, -0.25) is 19.4 Å². The highest BCUT2D eigenvalue weighted by Crippen LogP contribution is 2.39. The van der Waals surface area contributed by atoms with Crippen molar-refractivity contribution in [3.8, 4) is 0 Å². The van der Waals surface area contributed by atoms with Gasteiger partial charge in [0.25, 0.3) is 5.91 Å². The summed E-state index contributed by atoms with van der Waals surface area (Å²) >= 11 is 1.53. The van der Waals surface area contributed by atoms with Crippen LogP contribution >= 0.6 is 11.3 Å². The molecule has 31 heavy (non-hydrogen) atoms. The summed E-state index contributed by atoms with van der Waals surface area (Å²) < 4.78 is 0. The van der Waals surface area contributed by atoms with E-state index in [1.807, 2.05) is 0 Å². The number of piperazine rings is 1. The van der Waals surface area contributed by atoms with Crippen LogP contribution < -0.4 is 11.1 Å². The van der Waals surface area contributed by atoms with Crippen LogP contribution in [0.4, 0.5) is 5.00 Å². The molecule has 1 fully saturated rings. The molecule has 0 bridgehead atoms. The van der Waals surface area contributed by atoms with Crippen molar-refractivity contribution < 1.29 is 9.59 Å². The molecule has 0 radical (unpaired) electrons. The van der Waals surface area contributed by atoms with Crippen LogP contribution in [0.3, 0.4) is 0 Å². The SMILES string of the molecule is Cc1ccc(CN2CCN(CC(=O)Nc3sc4c(c3C(N)=O)CCC(C)C4)CC2)cc1. The Kier molecular flexibility index (Phi) is 6.74. The number of fused-ring (bicyclic) bond motifs is 1. The van der Waals surface area contributed by atoms with Crippen LogP contribution in [0.25, 0.3) is 0 Å². The standard InChI is InChI=1S/C24H32N4O2S/c1-16-3-6-18(7-4-16)14-27-9-11-28(12-10-27)15-21(29)26-24-22(23(25)30)19-8-5-17(2)13-20(19)31-24/h3-4,6-7,17H,5,8-15H2,1-2H3,(H2,25,30)(H,26,29). The molecular formula is C24H32N4O2S. The van der Waals surface area contributed by atoms with Crippen molar-refractivity contribution in [2.24, 2.45) is 11.7 Å². The molecule has 2 aromatic rings. The summed E-state index contributed by atoms with van der Waals surface area (Å²) in [6, 6.07) is 8.68. The fraction of sp³-hybridized carbons (Fsp3) is 0.500. The van der Waals surface area contributed by atoms with Crippen molar-refractivity contribution in [3.63, 3.8) is 0 Å². The van der Waals surface area contributed by atoms with E-state index in [4.69, 9.17) is 5.73 Å². The van der Waals surface area contributed by atoms with Crippen LogP contribution in [0.15, 0.2) is 24.3 Å². The number of rotatable bonds is 6. The lowest BCUT2D eigenvalue weighted by atomic mass is 9.88. The third-order valence-electron chi connectivity index (χ3n) is 6.37. The largest absolute Gasteiger partial charge is 0.365 e. The minimum Gasteiger partial charge on any atom is -0.365 e. The molecule has 1 saturated heterocycles. The van der Waals surface area contributed by atoms with Crippen LogP contribution in [0.1, 0.15) is 45.3 Å². The van der Waals surface area contributed by atoms with Gasteiger partial charge in [0.15, 0.2) is 0 Å². The summed E-state index contributed by atoms with van der Waals surface area (Å²) in [5.74, 6) is 0.0971. The summed E-state index contributed by atoms with van der Waals surface area (Å²) in [6.45, 7) is 9.23. The first kappa shape index (κ1) is 22.0. The van der Waals surface area contributed by atoms with Gasteiger partial charge in [0.05, 0.1) is 12.1 Å². The van der Waals surface area contributed by atoms with Crippen LogP contribution in [-0.4, -0.2) is 54.3 Å². The zero-order valence-corrected chi connectivity index (χ0v) is 19.3. The highest BCUT2D eigenvalue weighted by Gasteiger charge is 2.28. The lowest BCUT2D eigenvalue weighted by Crippen LogP contribution is -2.48. The van der Waals surface area contributed by atoms with Crippen molar-refractivity contribution in [1.29, 1.82) is 0 Å². The summed E-state index contributed by atoms with van der Waals surface area (Å²) in [6.07, 6.45) is 2.88. The molecule has 2 heterocycles. The fourth-order valence-corrected chi connectivity index (χ4v) is 5.96. The van der Waals surface area contributed by atoms with Crippen molar-refractivity contribution >= 4 is 28.2 Å². The second-order valence-corrected chi connectivity index (χ2v) is 10.1. The van der Waals surface area contributed by atoms with Gasteiger partial charge in [-0.1, -0.05) is 36.8 Å². The molecule has 1 aliphatic heterocycles. The number of carbonyl (C=O) groups is 2. The molecule has 166 valence electrons. The molecule has 1 aliphatic carbocycles. The monoisotopic (exact) mass is 440 g/mol. The molecule has 1 aromatic heterocycles. The summed E-state index contributed by atoms with van der Waals surface area (Å²) in [5, 5.41) is 3.62. The number of primary amides is 1. The number of nitrogens with two attached hydrogens (primary N) is 1. The number of aryl methyl sites for hydroxylation is 1. The Morgan fingerprint density at radius 1 is 1.13 bits per heavy atom. The predicted octanol–water partition coefficient (Wildman–Crippen LogP) is 3.04. The molecule has 4 rings (SSSR count). The maximum absolute atomic E-state index is 12.7. The zero-order chi connectivity index (χ0) is 22.0. The van der Waals surface area contributed by atoms with E-state index in [2.05, 4.69) is 53.2 Å². The van der Waals surface area contributed by atoms with Gasteiger partial charge in [0, 0.05) is 37.6 Å². The van der Waals surface area contributed by atoms with E-state index in [0.29, 0.717) is 23.0 Å². The van der Waals surface area contributed by atoms with E-state index in [9.17, 15) is 9.59 Å². The van der Waals surface area contributed by atoms with Crippen molar-refractivity contribution in [1.82, 2.24) is 9.80 Å². The minimum atomic E-state index is -0.438. The maximum atomic E-state index is 12.7. The van der Waals surface area contributed by atoms with Gasteiger partial charge in [-0.25, -0.2) is 0 Å². The number of benzene rings is 1. The van der Waals surface area contributed by atoms with Gasteiger partial charge >= 0.3 is 0 Å². The van der Waals surface area contributed by atoms with Gasteiger partial charge in [0.1, 0.15) is 5.00 Å².